The summed E-state index contributed by atoms with van der Waals surface area (Å²) in [6.07, 6.45) is 5.50. The topological polar surface area (TPSA) is 139 Å². The number of carbonyl (C=O) groups is 3. The molecule has 3 aliphatic rings. The number of carbonyl (C=O) groups excluding carboxylic acids is 3. The lowest BCUT2D eigenvalue weighted by atomic mass is 10.4. The molecule has 29 heavy (non-hydrogen) atoms. The highest BCUT2D eigenvalue weighted by Gasteiger charge is 2.18. The molecule has 0 aromatic heterocycles. The Kier molecular flexibility index (Phi) is 13.8. The molecule has 3 amide bonds. The second-order valence-corrected chi connectivity index (χ2v) is 7.77. The van der Waals surface area contributed by atoms with Crippen LogP contribution in [0.4, 0.5) is 0 Å². The number of nitrogens with zero attached hydrogens (tertiary/aromatic N) is 3. The van der Waals surface area contributed by atoms with Crippen LogP contribution in [0.1, 0.15) is 59.3 Å². The molecule has 0 aliphatic carbocycles. The van der Waals surface area contributed by atoms with E-state index in [1.54, 1.807) is 0 Å². The van der Waals surface area contributed by atoms with Gasteiger partial charge in [-0.05, 0) is 40.0 Å². The van der Waals surface area contributed by atoms with E-state index in [9.17, 15) is 14.4 Å². The third-order valence-electron chi connectivity index (χ3n) is 4.66. The van der Waals surface area contributed by atoms with E-state index < -0.39 is 7.82 Å². The lowest BCUT2D eigenvalue weighted by Crippen LogP contribution is -2.23. The minimum Gasteiger partial charge on any atom is -0.343 e. The largest absolute Gasteiger partial charge is 0.466 e. The zero-order valence-electron chi connectivity index (χ0n) is 17.7. The van der Waals surface area contributed by atoms with Crippen LogP contribution in [0.15, 0.2) is 0 Å². The highest BCUT2D eigenvalue weighted by atomic mass is 31.2. The van der Waals surface area contributed by atoms with Crippen molar-refractivity contribution in [1.82, 2.24) is 14.7 Å². The molecule has 3 heterocycles. The molecule has 3 N–H and O–H groups in total. The van der Waals surface area contributed by atoms with Crippen LogP contribution in [0.2, 0.25) is 0 Å². The van der Waals surface area contributed by atoms with Gasteiger partial charge in [0.25, 0.3) is 0 Å². The maximum absolute atomic E-state index is 10.7. The Bertz CT molecular complexity index is 498. The lowest BCUT2D eigenvalue weighted by molar-refractivity contribution is -0.128. The van der Waals surface area contributed by atoms with Gasteiger partial charge in [0.1, 0.15) is 0 Å². The van der Waals surface area contributed by atoms with Gasteiger partial charge in [0.15, 0.2) is 0 Å². The minimum atomic E-state index is -4.64. The van der Waals surface area contributed by atoms with Gasteiger partial charge in [-0.25, -0.2) is 4.57 Å². The number of likely N-dealkylation sites (tertiary alicyclic amines) is 3. The number of amides is 3. The highest BCUT2D eigenvalue weighted by molar-refractivity contribution is 7.45. The second-order valence-electron chi connectivity index (χ2n) is 6.74. The summed E-state index contributed by atoms with van der Waals surface area (Å²) < 4.78 is 8.88. The summed E-state index contributed by atoms with van der Waals surface area (Å²) in [5.41, 5.74) is 0. The molecule has 0 radical (unpaired) electrons. The molecule has 3 rings (SSSR count). The molecule has 10 nitrogen and oxygen atoms in total. The SMILES string of the molecule is CCN1CCCC1=O.CCN1CCCC1=O.CCN1CCCC1=O.O=P(O)(O)O. The van der Waals surface area contributed by atoms with Crippen LogP contribution in [0.5, 0.6) is 0 Å². The normalized spacial score (nSPS) is 18.7. The summed E-state index contributed by atoms with van der Waals surface area (Å²) in [6, 6.07) is 0. The highest BCUT2D eigenvalue weighted by Crippen LogP contribution is 2.25. The molecule has 170 valence electrons. The van der Waals surface area contributed by atoms with Crippen LogP contribution < -0.4 is 0 Å². The Hall–Kier alpha value is -1.48. The summed E-state index contributed by atoms with van der Waals surface area (Å²) in [5, 5.41) is 0. The molecule has 0 atom stereocenters. The monoisotopic (exact) mass is 437 g/mol. The fourth-order valence-electron chi connectivity index (χ4n) is 3.12. The molecule has 0 aromatic carbocycles. The van der Waals surface area contributed by atoms with Crippen molar-refractivity contribution in [3.63, 3.8) is 0 Å². The van der Waals surface area contributed by atoms with Crippen LogP contribution >= 0.6 is 7.82 Å². The molecule has 0 bridgehead atoms. The summed E-state index contributed by atoms with van der Waals surface area (Å²) in [6.45, 7) is 11.7. The van der Waals surface area contributed by atoms with Crippen LogP contribution in [-0.4, -0.2) is 86.4 Å². The Morgan fingerprint density at radius 2 is 0.862 bits per heavy atom. The number of phosphoric acid groups is 1. The van der Waals surface area contributed by atoms with Gasteiger partial charge in [0.2, 0.25) is 17.7 Å². The lowest BCUT2D eigenvalue weighted by Gasteiger charge is -2.10. The van der Waals surface area contributed by atoms with Crippen molar-refractivity contribution in [2.45, 2.75) is 59.3 Å². The molecule has 3 fully saturated rings. The van der Waals surface area contributed by atoms with Crippen molar-refractivity contribution in [2.75, 3.05) is 39.3 Å². The van der Waals surface area contributed by atoms with E-state index in [-0.39, 0.29) is 0 Å². The van der Waals surface area contributed by atoms with Gasteiger partial charge >= 0.3 is 7.82 Å². The molecule has 11 heteroatoms. The molecule has 0 saturated carbocycles. The van der Waals surface area contributed by atoms with Crippen LogP contribution in [0.25, 0.3) is 0 Å². The molecule has 3 aliphatic heterocycles. The fourth-order valence-corrected chi connectivity index (χ4v) is 3.12. The van der Waals surface area contributed by atoms with Crippen molar-refractivity contribution in [2.24, 2.45) is 0 Å². The third kappa shape index (κ3) is 13.4. The number of hydrogen-bond donors (Lipinski definition) is 3. The first-order valence-electron chi connectivity index (χ1n) is 10.1. The molecule has 0 spiro atoms. The number of rotatable bonds is 3. The number of hydrogen-bond acceptors (Lipinski definition) is 4. The summed E-state index contributed by atoms with van der Waals surface area (Å²) >= 11 is 0. The average molecular weight is 437 g/mol. The van der Waals surface area contributed by atoms with E-state index in [0.29, 0.717) is 17.7 Å². The Balaban J connectivity index is 0.000000367. The Morgan fingerprint density at radius 1 is 0.655 bits per heavy atom. The summed E-state index contributed by atoms with van der Waals surface area (Å²) in [5.74, 6) is 0.979. The second kappa shape index (κ2) is 14.5. The maximum atomic E-state index is 10.7. The third-order valence-corrected chi connectivity index (χ3v) is 4.66. The van der Waals surface area contributed by atoms with E-state index in [4.69, 9.17) is 19.2 Å². The first-order valence-corrected chi connectivity index (χ1v) is 11.7. The van der Waals surface area contributed by atoms with Gasteiger partial charge in [0, 0.05) is 58.5 Å². The smallest absolute Gasteiger partial charge is 0.343 e. The van der Waals surface area contributed by atoms with Crippen molar-refractivity contribution >= 4 is 25.5 Å². The fraction of sp³-hybridized carbons (Fsp3) is 0.833. The van der Waals surface area contributed by atoms with Crippen molar-refractivity contribution in [3.05, 3.63) is 0 Å². The van der Waals surface area contributed by atoms with Gasteiger partial charge in [-0.15, -0.1) is 0 Å². The predicted molar refractivity (Wildman–Crippen MR) is 109 cm³/mol. The van der Waals surface area contributed by atoms with E-state index in [2.05, 4.69) is 0 Å². The van der Waals surface area contributed by atoms with Gasteiger partial charge in [-0.3, -0.25) is 14.4 Å². The van der Waals surface area contributed by atoms with Crippen LogP contribution in [-0.2, 0) is 18.9 Å². The maximum Gasteiger partial charge on any atom is 0.466 e. The molecule has 0 aromatic rings. The minimum absolute atomic E-state index is 0.326. The molecular formula is C18H36N3O7P. The zero-order valence-corrected chi connectivity index (χ0v) is 18.6. The summed E-state index contributed by atoms with van der Waals surface area (Å²) in [4.78, 5) is 59.4. The Labute approximate surface area is 173 Å². The van der Waals surface area contributed by atoms with Gasteiger partial charge in [0.05, 0.1) is 0 Å². The van der Waals surface area contributed by atoms with E-state index in [1.165, 1.54) is 0 Å². The van der Waals surface area contributed by atoms with Crippen molar-refractivity contribution in [1.29, 1.82) is 0 Å². The molecular weight excluding hydrogens is 401 g/mol. The standard InChI is InChI=1S/3C6H11NO.H3O4P/c3*1-2-7-5-3-4-6(7)8;1-5(2,3)4/h3*2-5H2,1H3;(H3,1,2,3,4). The van der Waals surface area contributed by atoms with E-state index >= 15 is 0 Å². The summed E-state index contributed by atoms with van der Waals surface area (Å²) in [7, 11) is -4.64. The average Bonchev–Trinajstić information content (AvgIpc) is 3.35. The first-order chi connectivity index (χ1) is 13.5. The Morgan fingerprint density at radius 3 is 0.931 bits per heavy atom. The van der Waals surface area contributed by atoms with Crippen LogP contribution in [0.3, 0.4) is 0 Å². The van der Waals surface area contributed by atoms with Gasteiger partial charge < -0.3 is 29.4 Å². The van der Waals surface area contributed by atoms with Crippen molar-refractivity contribution < 1.29 is 33.6 Å². The van der Waals surface area contributed by atoms with Gasteiger partial charge in [-0.2, -0.15) is 0 Å². The molecule has 3 saturated heterocycles. The van der Waals surface area contributed by atoms with Crippen molar-refractivity contribution in [3.8, 4) is 0 Å². The van der Waals surface area contributed by atoms with Crippen LogP contribution in [0, 0.1) is 0 Å². The molecule has 0 unspecified atom stereocenters. The first kappa shape index (κ1) is 27.5. The van der Waals surface area contributed by atoms with E-state index in [0.717, 1.165) is 77.8 Å². The zero-order chi connectivity index (χ0) is 22.4. The quantitative estimate of drug-likeness (QED) is 0.559. The predicted octanol–water partition coefficient (Wildman–Crippen LogP) is 0.958. The van der Waals surface area contributed by atoms with E-state index in [1.807, 2.05) is 35.5 Å². The van der Waals surface area contributed by atoms with Gasteiger partial charge in [-0.1, -0.05) is 0 Å².